The minimum atomic E-state index is -0.166. The summed E-state index contributed by atoms with van der Waals surface area (Å²) >= 11 is 3.50. The third-order valence-electron chi connectivity index (χ3n) is 4.36. The summed E-state index contributed by atoms with van der Waals surface area (Å²) in [6, 6.07) is 11.6. The highest BCUT2D eigenvalue weighted by atomic mass is 79.9. The molecule has 0 spiro atoms. The van der Waals surface area contributed by atoms with Crippen LogP contribution in [0.15, 0.2) is 40.9 Å². The number of aliphatic hydroxyl groups is 1. The number of aliphatic hydroxyl groups excluding tert-OH is 1. The van der Waals surface area contributed by atoms with E-state index in [1.165, 1.54) is 0 Å². The maximum Gasteiger partial charge on any atom is 0.269 e. The Bertz CT molecular complexity index is 936. The predicted molar refractivity (Wildman–Crippen MR) is 102 cm³/mol. The zero-order valence-electron chi connectivity index (χ0n) is 14.5. The van der Waals surface area contributed by atoms with Crippen molar-refractivity contribution in [2.45, 2.75) is 27.4 Å². The van der Waals surface area contributed by atoms with Gasteiger partial charge >= 0.3 is 0 Å². The number of aromatic nitrogens is 1. The molecule has 0 fully saturated rings. The number of hydrogen-bond acceptors (Lipinski definition) is 3. The summed E-state index contributed by atoms with van der Waals surface area (Å²) in [5.41, 5.74) is 4.42. The first-order valence-electron chi connectivity index (χ1n) is 8.06. The third kappa shape index (κ3) is 3.22. The van der Waals surface area contributed by atoms with Crippen LogP contribution in [-0.2, 0) is 6.61 Å². The second-order valence-corrected chi connectivity index (χ2v) is 7.00. The van der Waals surface area contributed by atoms with Gasteiger partial charge in [-0.25, -0.2) is 0 Å². The Kier molecular flexibility index (Phi) is 4.97. The summed E-state index contributed by atoms with van der Waals surface area (Å²) < 4.78 is 8.27. The van der Waals surface area contributed by atoms with E-state index >= 15 is 0 Å². The van der Waals surface area contributed by atoms with Gasteiger partial charge in [0.15, 0.2) is 6.61 Å². The molecule has 1 heterocycles. The Labute approximate surface area is 155 Å². The lowest BCUT2D eigenvalue weighted by molar-refractivity contribution is 0.0839. The molecule has 0 saturated heterocycles. The zero-order chi connectivity index (χ0) is 18.1. The van der Waals surface area contributed by atoms with Gasteiger partial charge in [0.25, 0.3) is 5.91 Å². The Morgan fingerprint density at radius 2 is 1.92 bits per heavy atom. The number of aryl methyl sites for hydroxylation is 2. The van der Waals surface area contributed by atoms with Gasteiger partial charge in [0, 0.05) is 16.6 Å². The SMILES string of the molecule is Cc1cc(C)c(OCC(=O)n2c(C)c(CO)c3ccccc32)c(Br)c1. The molecular weight excluding hydrogens is 382 g/mol. The summed E-state index contributed by atoms with van der Waals surface area (Å²) in [7, 11) is 0. The number of hydrogen-bond donors (Lipinski definition) is 1. The van der Waals surface area contributed by atoms with Crippen LogP contribution in [0, 0.1) is 20.8 Å². The van der Waals surface area contributed by atoms with Crippen molar-refractivity contribution in [3.8, 4) is 5.75 Å². The van der Waals surface area contributed by atoms with Crippen molar-refractivity contribution in [2.24, 2.45) is 0 Å². The molecule has 1 N–H and O–H groups in total. The molecule has 0 radical (unpaired) electrons. The normalized spacial score (nSPS) is 11.1. The van der Waals surface area contributed by atoms with Gasteiger partial charge in [-0.15, -0.1) is 0 Å². The van der Waals surface area contributed by atoms with E-state index in [2.05, 4.69) is 15.9 Å². The fourth-order valence-corrected chi connectivity index (χ4v) is 4.03. The smallest absolute Gasteiger partial charge is 0.269 e. The molecule has 1 aromatic heterocycles. The minimum absolute atomic E-state index is 0.0765. The van der Waals surface area contributed by atoms with Crippen LogP contribution in [0.3, 0.4) is 0 Å². The first kappa shape index (κ1) is 17.7. The number of fused-ring (bicyclic) bond motifs is 1. The maximum absolute atomic E-state index is 12.8. The molecular formula is C20H20BrNO3. The number of rotatable bonds is 4. The number of halogens is 1. The molecule has 4 nitrogen and oxygen atoms in total. The van der Waals surface area contributed by atoms with Crippen molar-refractivity contribution in [3.05, 3.63) is 63.3 Å². The summed E-state index contributed by atoms with van der Waals surface area (Å²) in [6.45, 7) is 5.63. The first-order valence-corrected chi connectivity index (χ1v) is 8.86. The summed E-state index contributed by atoms with van der Waals surface area (Å²) in [5, 5.41) is 10.5. The molecule has 25 heavy (non-hydrogen) atoms. The van der Waals surface area contributed by atoms with E-state index < -0.39 is 0 Å². The molecule has 3 aromatic rings. The molecule has 0 bridgehead atoms. The van der Waals surface area contributed by atoms with Crippen molar-refractivity contribution in [1.82, 2.24) is 4.57 Å². The molecule has 2 aromatic carbocycles. The Balaban J connectivity index is 1.93. The lowest BCUT2D eigenvalue weighted by Crippen LogP contribution is -2.20. The van der Waals surface area contributed by atoms with Crippen LogP contribution in [0.1, 0.15) is 27.2 Å². The van der Waals surface area contributed by atoms with E-state index in [0.717, 1.165) is 37.8 Å². The maximum atomic E-state index is 12.8. The number of ether oxygens (including phenoxy) is 1. The van der Waals surface area contributed by atoms with Crippen LogP contribution < -0.4 is 4.74 Å². The molecule has 5 heteroatoms. The first-order chi connectivity index (χ1) is 11.9. The van der Waals surface area contributed by atoms with Crippen molar-refractivity contribution in [3.63, 3.8) is 0 Å². The zero-order valence-corrected chi connectivity index (χ0v) is 16.1. The molecule has 0 amide bonds. The number of benzene rings is 2. The molecule has 0 aliphatic carbocycles. The van der Waals surface area contributed by atoms with E-state index in [-0.39, 0.29) is 19.1 Å². The van der Waals surface area contributed by atoms with Crippen LogP contribution >= 0.6 is 15.9 Å². The highest BCUT2D eigenvalue weighted by Crippen LogP contribution is 2.31. The Morgan fingerprint density at radius 1 is 1.20 bits per heavy atom. The van der Waals surface area contributed by atoms with Crippen LogP contribution in [0.2, 0.25) is 0 Å². The monoisotopic (exact) mass is 401 g/mol. The van der Waals surface area contributed by atoms with Gasteiger partial charge in [-0.3, -0.25) is 9.36 Å². The van der Waals surface area contributed by atoms with E-state index in [1.54, 1.807) is 4.57 Å². The van der Waals surface area contributed by atoms with E-state index in [1.807, 2.05) is 57.2 Å². The van der Waals surface area contributed by atoms with Gasteiger partial charge in [-0.1, -0.05) is 24.3 Å². The van der Waals surface area contributed by atoms with Crippen molar-refractivity contribution < 1.29 is 14.6 Å². The highest BCUT2D eigenvalue weighted by Gasteiger charge is 2.19. The quantitative estimate of drug-likeness (QED) is 0.697. The summed E-state index contributed by atoms with van der Waals surface area (Å²) in [4.78, 5) is 12.8. The topological polar surface area (TPSA) is 51.5 Å². The fraction of sp³-hybridized carbons (Fsp3) is 0.250. The van der Waals surface area contributed by atoms with Gasteiger partial charge in [0.05, 0.1) is 16.6 Å². The van der Waals surface area contributed by atoms with Crippen LogP contribution in [0.25, 0.3) is 10.9 Å². The third-order valence-corrected chi connectivity index (χ3v) is 4.95. The highest BCUT2D eigenvalue weighted by molar-refractivity contribution is 9.10. The van der Waals surface area contributed by atoms with E-state index in [4.69, 9.17) is 4.74 Å². The molecule has 0 aliphatic rings. The molecule has 130 valence electrons. The Morgan fingerprint density at radius 3 is 2.60 bits per heavy atom. The molecule has 0 atom stereocenters. The van der Waals surface area contributed by atoms with Crippen molar-refractivity contribution >= 4 is 32.7 Å². The molecule has 0 unspecified atom stereocenters. The van der Waals surface area contributed by atoms with Gasteiger partial charge in [0.1, 0.15) is 5.75 Å². The second kappa shape index (κ2) is 7.02. The second-order valence-electron chi connectivity index (χ2n) is 6.15. The summed E-state index contributed by atoms with van der Waals surface area (Å²) in [6.07, 6.45) is 0. The molecule has 3 rings (SSSR count). The largest absolute Gasteiger partial charge is 0.482 e. The summed E-state index contributed by atoms with van der Waals surface area (Å²) in [5.74, 6) is 0.510. The van der Waals surface area contributed by atoms with Gasteiger partial charge in [-0.2, -0.15) is 0 Å². The lowest BCUT2D eigenvalue weighted by Gasteiger charge is -2.13. The predicted octanol–water partition coefficient (Wildman–Crippen LogP) is 4.54. The number of nitrogens with zero attached hydrogens (tertiary/aromatic N) is 1. The number of carbonyl (C=O) groups is 1. The fourth-order valence-electron chi connectivity index (χ4n) is 3.24. The minimum Gasteiger partial charge on any atom is -0.482 e. The van der Waals surface area contributed by atoms with E-state index in [0.29, 0.717) is 5.75 Å². The standard InChI is InChI=1S/C20H20BrNO3/c1-12-8-13(2)20(17(21)9-12)25-11-19(24)22-14(3)16(10-23)15-6-4-5-7-18(15)22/h4-9,23H,10-11H2,1-3H3. The van der Waals surface area contributed by atoms with Gasteiger partial charge in [0.2, 0.25) is 0 Å². The number of para-hydroxylation sites is 1. The van der Waals surface area contributed by atoms with Gasteiger partial charge < -0.3 is 9.84 Å². The average molecular weight is 402 g/mol. The Hall–Kier alpha value is -2.11. The van der Waals surface area contributed by atoms with Crippen LogP contribution in [0.4, 0.5) is 0 Å². The molecule has 0 saturated carbocycles. The average Bonchev–Trinajstić information content (AvgIpc) is 2.84. The van der Waals surface area contributed by atoms with Crippen molar-refractivity contribution in [1.29, 1.82) is 0 Å². The van der Waals surface area contributed by atoms with Gasteiger partial charge in [-0.05, 0) is 60.0 Å². The molecule has 0 aliphatic heterocycles. The van der Waals surface area contributed by atoms with Crippen LogP contribution in [0.5, 0.6) is 5.75 Å². The van der Waals surface area contributed by atoms with Crippen molar-refractivity contribution in [2.75, 3.05) is 6.61 Å². The van der Waals surface area contributed by atoms with E-state index in [9.17, 15) is 9.90 Å². The van der Waals surface area contributed by atoms with Crippen LogP contribution in [-0.4, -0.2) is 22.2 Å². The lowest BCUT2D eigenvalue weighted by atomic mass is 10.1. The number of carbonyl (C=O) groups excluding carboxylic acids is 1.